The average molecular weight is 618 g/mol. The normalized spacial score (nSPS) is 14.6. The zero-order chi connectivity index (χ0) is 30.2. The van der Waals surface area contributed by atoms with Crippen molar-refractivity contribution in [3.05, 3.63) is 93.8 Å². The van der Waals surface area contributed by atoms with Gasteiger partial charge < -0.3 is 14.5 Å². The standard InChI is InChI=1S/C33H36ClN5O3S/c1-3-8-30(40)39-18-7-17-37(22-24-9-5-4-6-10-24)19-20-38(23-26-11-14-27(34)21-29(26)39)33(41)32-31(35-36-43-32)25-12-15-28(42-2)16-13-25/h4-6,9-16,21H,3,7-8,17-20,22-23H2,1-2H3. The molecule has 2 amide bonds. The van der Waals surface area contributed by atoms with Gasteiger partial charge in [-0.05, 0) is 71.9 Å². The highest BCUT2D eigenvalue weighted by Crippen LogP contribution is 2.31. The first kappa shape index (κ1) is 30.7. The molecule has 2 heterocycles. The first-order chi connectivity index (χ1) is 21.0. The third kappa shape index (κ3) is 7.60. The Hall–Kier alpha value is -3.79. The number of halogens is 1. The van der Waals surface area contributed by atoms with Crippen LogP contribution in [0.4, 0.5) is 5.69 Å². The smallest absolute Gasteiger partial charge is 0.268 e. The highest BCUT2D eigenvalue weighted by Gasteiger charge is 2.27. The van der Waals surface area contributed by atoms with Crippen molar-refractivity contribution in [3.63, 3.8) is 0 Å². The molecule has 0 bridgehead atoms. The van der Waals surface area contributed by atoms with Gasteiger partial charge in [0.2, 0.25) is 5.91 Å². The molecule has 224 valence electrons. The van der Waals surface area contributed by atoms with E-state index in [9.17, 15) is 9.59 Å². The van der Waals surface area contributed by atoms with Crippen molar-refractivity contribution < 1.29 is 14.3 Å². The van der Waals surface area contributed by atoms with E-state index in [2.05, 4.69) is 26.6 Å². The molecule has 3 aromatic carbocycles. The van der Waals surface area contributed by atoms with Gasteiger partial charge in [0, 0.05) is 56.3 Å². The van der Waals surface area contributed by atoms with Crippen LogP contribution in [0, 0.1) is 0 Å². The zero-order valence-corrected chi connectivity index (χ0v) is 26.1. The second-order valence-corrected chi connectivity index (χ2v) is 11.8. The van der Waals surface area contributed by atoms with Gasteiger partial charge >= 0.3 is 0 Å². The zero-order valence-electron chi connectivity index (χ0n) is 24.5. The van der Waals surface area contributed by atoms with Crippen LogP contribution in [0.25, 0.3) is 11.3 Å². The van der Waals surface area contributed by atoms with Gasteiger partial charge in [0.25, 0.3) is 5.91 Å². The first-order valence-electron chi connectivity index (χ1n) is 14.6. The molecule has 4 aromatic rings. The number of nitrogens with zero attached hydrogens (tertiary/aromatic N) is 5. The lowest BCUT2D eigenvalue weighted by Gasteiger charge is -2.28. The average Bonchev–Trinajstić information content (AvgIpc) is 3.51. The summed E-state index contributed by atoms with van der Waals surface area (Å²) in [6.07, 6.45) is 1.99. The Morgan fingerprint density at radius 3 is 2.51 bits per heavy atom. The molecule has 0 spiro atoms. The van der Waals surface area contributed by atoms with E-state index in [1.54, 1.807) is 7.11 Å². The fraction of sp³-hybridized carbons (Fsp3) is 0.333. The molecular formula is C33H36ClN5O3S. The highest BCUT2D eigenvalue weighted by atomic mass is 35.5. The summed E-state index contributed by atoms with van der Waals surface area (Å²) in [5.41, 5.74) is 4.19. The number of aromatic nitrogens is 2. The number of carbonyl (C=O) groups excluding carboxylic acids is 2. The fourth-order valence-corrected chi connectivity index (χ4v) is 6.17. The topological polar surface area (TPSA) is 78.9 Å². The molecule has 5 rings (SSSR count). The maximum atomic E-state index is 14.3. The Morgan fingerprint density at radius 1 is 0.977 bits per heavy atom. The number of hydrogen-bond donors (Lipinski definition) is 0. The maximum Gasteiger partial charge on any atom is 0.268 e. The van der Waals surface area contributed by atoms with Gasteiger partial charge in [-0.1, -0.05) is 59.4 Å². The molecule has 1 aliphatic heterocycles. The summed E-state index contributed by atoms with van der Waals surface area (Å²) in [7, 11) is 1.62. The van der Waals surface area contributed by atoms with Crippen LogP contribution in [0.5, 0.6) is 5.75 Å². The van der Waals surface area contributed by atoms with E-state index < -0.39 is 0 Å². The SMILES string of the molecule is CCCC(=O)N1CCCN(Cc2ccccc2)CCN(C(=O)c2snnc2-c2ccc(OC)cc2)Cc2ccc(Cl)cc21. The number of carbonyl (C=O) groups is 2. The molecule has 0 N–H and O–H groups in total. The molecule has 0 aliphatic carbocycles. The van der Waals surface area contributed by atoms with Gasteiger partial charge in [-0.25, -0.2) is 0 Å². The lowest BCUT2D eigenvalue weighted by molar-refractivity contribution is -0.118. The van der Waals surface area contributed by atoms with Gasteiger partial charge in [-0.3, -0.25) is 14.5 Å². The van der Waals surface area contributed by atoms with Crippen LogP contribution in [0.1, 0.15) is 47.0 Å². The summed E-state index contributed by atoms with van der Waals surface area (Å²) in [6.45, 7) is 5.61. The van der Waals surface area contributed by atoms with E-state index >= 15 is 0 Å². The first-order valence-corrected chi connectivity index (χ1v) is 15.7. The van der Waals surface area contributed by atoms with E-state index in [0.717, 1.165) is 60.0 Å². The third-order valence-electron chi connectivity index (χ3n) is 7.59. The molecule has 10 heteroatoms. The van der Waals surface area contributed by atoms with Crippen LogP contribution >= 0.6 is 23.1 Å². The minimum absolute atomic E-state index is 0.0613. The molecule has 0 fully saturated rings. The number of hydrogen-bond acceptors (Lipinski definition) is 7. The summed E-state index contributed by atoms with van der Waals surface area (Å²) < 4.78 is 9.46. The number of methoxy groups -OCH3 is 1. The lowest BCUT2D eigenvalue weighted by atomic mass is 10.1. The van der Waals surface area contributed by atoms with E-state index in [0.29, 0.717) is 48.2 Å². The Kier molecular flexibility index (Phi) is 10.4. The molecule has 0 saturated carbocycles. The second-order valence-electron chi connectivity index (χ2n) is 10.6. The summed E-state index contributed by atoms with van der Waals surface area (Å²) in [6, 6.07) is 23.4. The van der Waals surface area contributed by atoms with E-state index in [1.165, 1.54) is 5.56 Å². The summed E-state index contributed by atoms with van der Waals surface area (Å²) in [5.74, 6) is 0.640. The summed E-state index contributed by atoms with van der Waals surface area (Å²) >= 11 is 7.57. The predicted octanol–water partition coefficient (Wildman–Crippen LogP) is 6.55. The molecule has 0 saturated heterocycles. The molecule has 1 aliphatic rings. The van der Waals surface area contributed by atoms with Gasteiger partial charge in [-0.2, -0.15) is 0 Å². The van der Waals surface area contributed by atoms with E-state index in [1.807, 2.05) is 77.4 Å². The summed E-state index contributed by atoms with van der Waals surface area (Å²) in [5, 5.41) is 4.89. The quantitative estimate of drug-likeness (QED) is 0.234. The van der Waals surface area contributed by atoms with Gasteiger partial charge in [0.15, 0.2) is 0 Å². The van der Waals surface area contributed by atoms with Crippen LogP contribution in [0.3, 0.4) is 0 Å². The predicted molar refractivity (Wildman–Crippen MR) is 172 cm³/mol. The van der Waals surface area contributed by atoms with E-state index in [-0.39, 0.29) is 11.8 Å². The van der Waals surface area contributed by atoms with Crippen molar-refractivity contribution in [2.45, 2.75) is 39.3 Å². The number of fused-ring (bicyclic) bond motifs is 1. The lowest BCUT2D eigenvalue weighted by Crippen LogP contribution is -2.38. The highest BCUT2D eigenvalue weighted by molar-refractivity contribution is 7.08. The number of rotatable bonds is 7. The number of benzene rings is 3. The van der Waals surface area contributed by atoms with Crippen molar-refractivity contribution in [3.8, 4) is 17.0 Å². The van der Waals surface area contributed by atoms with Crippen molar-refractivity contribution >= 4 is 40.6 Å². The van der Waals surface area contributed by atoms with Crippen LogP contribution in [0.15, 0.2) is 72.8 Å². The monoisotopic (exact) mass is 617 g/mol. The fourth-order valence-electron chi connectivity index (χ4n) is 5.35. The van der Waals surface area contributed by atoms with Crippen molar-refractivity contribution in [2.24, 2.45) is 0 Å². The molecule has 43 heavy (non-hydrogen) atoms. The van der Waals surface area contributed by atoms with Crippen molar-refractivity contribution in [1.82, 2.24) is 19.4 Å². The Balaban J connectivity index is 1.51. The number of ether oxygens (including phenoxy) is 1. The molecular weight excluding hydrogens is 582 g/mol. The Bertz CT molecular complexity index is 1530. The Labute approximate surface area is 262 Å². The molecule has 1 aromatic heterocycles. The molecule has 0 atom stereocenters. The maximum absolute atomic E-state index is 14.3. The van der Waals surface area contributed by atoms with Gasteiger partial charge in [0.1, 0.15) is 16.3 Å². The van der Waals surface area contributed by atoms with Crippen LogP contribution in [-0.4, -0.2) is 64.5 Å². The molecule has 0 radical (unpaired) electrons. The van der Waals surface area contributed by atoms with Crippen molar-refractivity contribution in [2.75, 3.05) is 38.2 Å². The van der Waals surface area contributed by atoms with Crippen LogP contribution in [0.2, 0.25) is 5.02 Å². The molecule has 0 unspecified atom stereocenters. The number of amides is 2. The largest absolute Gasteiger partial charge is 0.497 e. The second kappa shape index (κ2) is 14.6. The van der Waals surface area contributed by atoms with E-state index in [4.69, 9.17) is 16.3 Å². The minimum atomic E-state index is -0.146. The Morgan fingerprint density at radius 2 is 1.77 bits per heavy atom. The van der Waals surface area contributed by atoms with Crippen molar-refractivity contribution in [1.29, 1.82) is 0 Å². The van der Waals surface area contributed by atoms with Gasteiger partial charge in [-0.15, -0.1) is 5.10 Å². The molecule has 8 nitrogen and oxygen atoms in total. The van der Waals surface area contributed by atoms with Gasteiger partial charge in [0.05, 0.1) is 12.8 Å². The third-order valence-corrected chi connectivity index (χ3v) is 8.54. The van der Waals surface area contributed by atoms with Crippen LogP contribution in [-0.2, 0) is 17.9 Å². The minimum Gasteiger partial charge on any atom is -0.497 e. The number of anilines is 1. The summed E-state index contributed by atoms with van der Waals surface area (Å²) in [4.78, 5) is 34.2. The van der Waals surface area contributed by atoms with Crippen LogP contribution < -0.4 is 9.64 Å².